The van der Waals surface area contributed by atoms with Crippen LogP contribution in [0.2, 0.25) is 0 Å². The van der Waals surface area contributed by atoms with Crippen molar-refractivity contribution in [3.8, 4) is 0 Å². The molecule has 0 bridgehead atoms. The predicted molar refractivity (Wildman–Crippen MR) is 69.3 cm³/mol. The molecule has 2 amide bonds. The van der Waals surface area contributed by atoms with Crippen LogP contribution in [0.3, 0.4) is 0 Å². The zero-order chi connectivity index (χ0) is 15.3. The zero-order valence-corrected chi connectivity index (χ0v) is 11.7. The third kappa shape index (κ3) is 4.95. The molecule has 8 heteroatoms. The Morgan fingerprint density at radius 3 is 2.70 bits per heavy atom. The van der Waals surface area contributed by atoms with Gasteiger partial charge in [-0.05, 0) is 13.8 Å². The smallest absolute Gasteiger partial charge is 0.332 e. The molecule has 0 aliphatic carbocycles. The van der Waals surface area contributed by atoms with E-state index in [1.54, 1.807) is 0 Å². The number of hydrogen-bond donors (Lipinski definition) is 4. The van der Waals surface area contributed by atoms with Crippen molar-refractivity contribution in [3.05, 3.63) is 0 Å². The van der Waals surface area contributed by atoms with E-state index in [0.717, 1.165) is 0 Å². The number of aliphatic hydroxyl groups excluding tert-OH is 2. The lowest BCUT2D eigenvalue weighted by Gasteiger charge is -2.42. The summed E-state index contributed by atoms with van der Waals surface area (Å²) in [5.74, 6) is -1.31. The molecule has 0 aromatic carbocycles. The van der Waals surface area contributed by atoms with Crippen LogP contribution in [-0.2, 0) is 9.53 Å². The van der Waals surface area contributed by atoms with E-state index in [2.05, 4.69) is 5.32 Å². The number of rotatable bonds is 5. The maximum atomic E-state index is 11.9. The summed E-state index contributed by atoms with van der Waals surface area (Å²) in [6.45, 7) is 4.18. The summed E-state index contributed by atoms with van der Waals surface area (Å²) in [6.07, 6.45) is -1.98. The molecule has 0 saturated carbocycles. The lowest BCUT2D eigenvalue weighted by Crippen LogP contribution is -2.57. The second-order valence-electron chi connectivity index (χ2n) is 5.44. The summed E-state index contributed by atoms with van der Waals surface area (Å²) in [6, 6.07) is -0.364. The van der Waals surface area contributed by atoms with E-state index in [9.17, 15) is 9.59 Å². The molecule has 0 aromatic heterocycles. The number of aliphatic hydroxyl groups is 2. The van der Waals surface area contributed by atoms with Crippen molar-refractivity contribution in [3.63, 3.8) is 0 Å². The molecule has 1 saturated heterocycles. The van der Waals surface area contributed by atoms with Crippen LogP contribution in [0.4, 0.5) is 4.79 Å². The molecule has 1 heterocycles. The highest BCUT2D eigenvalue weighted by atomic mass is 16.5. The minimum absolute atomic E-state index is 0.0573. The van der Waals surface area contributed by atoms with E-state index in [1.165, 1.54) is 4.90 Å². The Labute approximate surface area is 117 Å². The summed E-state index contributed by atoms with van der Waals surface area (Å²) in [5.41, 5.74) is -0.552. The number of carbonyl (C=O) groups excluding carboxylic acids is 1. The van der Waals surface area contributed by atoms with Crippen molar-refractivity contribution in [2.75, 3.05) is 26.2 Å². The van der Waals surface area contributed by atoms with Crippen molar-refractivity contribution >= 4 is 12.0 Å². The van der Waals surface area contributed by atoms with Gasteiger partial charge in [-0.3, -0.25) is 0 Å². The summed E-state index contributed by atoms with van der Waals surface area (Å²) in [4.78, 5) is 23.9. The molecule has 1 rings (SSSR count). The molecule has 116 valence electrons. The average molecular weight is 290 g/mol. The Bertz CT molecular complexity index is 360. The molecular weight excluding hydrogens is 268 g/mol. The van der Waals surface area contributed by atoms with Crippen LogP contribution in [0, 0.1) is 0 Å². The lowest BCUT2D eigenvalue weighted by molar-refractivity contribution is -0.146. The number of carboxylic acid groups (broad SMARTS) is 1. The third-order valence-corrected chi connectivity index (χ3v) is 2.95. The van der Waals surface area contributed by atoms with E-state index in [1.807, 2.05) is 13.8 Å². The fourth-order valence-electron chi connectivity index (χ4n) is 2.10. The third-order valence-electron chi connectivity index (χ3n) is 2.95. The maximum absolute atomic E-state index is 11.9. The molecular formula is C12H22N2O6. The fourth-order valence-corrected chi connectivity index (χ4v) is 2.10. The number of ether oxygens (including phenoxy) is 1. The summed E-state index contributed by atoms with van der Waals surface area (Å²) >= 11 is 0. The van der Waals surface area contributed by atoms with Gasteiger partial charge in [-0.25, -0.2) is 9.59 Å². The highest BCUT2D eigenvalue weighted by Crippen LogP contribution is 2.20. The summed E-state index contributed by atoms with van der Waals surface area (Å²) in [7, 11) is 0. The van der Waals surface area contributed by atoms with Crippen molar-refractivity contribution in [2.24, 2.45) is 0 Å². The van der Waals surface area contributed by atoms with Gasteiger partial charge in [-0.1, -0.05) is 0 Å². The van der Waals surface area contributed by atoms with Crippen LogP contribution in [0.5, 0.6) is 0 Å². The number of amides is 2. The molecule has 4 N–H and O–H groups in total. The monoisotopic (exact) mass is 290 g/mol. The van der Waals surface area contributed by atoms with Crippen LogP contribution >= 0.6 is 0 Å². The maximum Gasteiger partial charge on any atom is 0.332 e. The molecule has 0 spiro atoms. The number of aliphatic carboxylic acids is 1. The van der Waals surface area contributed by atoms with Gasteiger partial charge in [0.2, 0.25) is 0 Å². The standard InChI is InChI=1S/C12H22N2O6/c1-12(2)7-14(5-8(6-15)20-12)11(19)13-4-3-9(16)10(17)18/h8-9,15-16H,3-7H2,1-2H3,(H,13,19)(H,17,18). The van der Waals surface area contributed by atoms with Gasteiger partial charge in [-0.15, -0.1) is 0 Å². The second kappa shape index (κ2) is 6.87. The highest BCUT2D eigenvalue weighted by molar-refractivity contribution is 5.75. The number of carbonyl (C=O) groups is 2. The number of carboxylic acids is 1. The fraction of sp³-hybridized carbons (Fsp3) is 0.833. The molecule has 0 radical (unpaired) electrons. The Morgan fingerprint density at radius 1 is 1.50 bits per heavy atom. The SMILES string of the molecule is CC1(C)CN(C(=O)NCCC(O)C(=O)O)CC(CO)O1. The van der Waals surface area contributed by atoms with Crippen molar-refractivity contribution in [1.82, 2.24) is 10.2 Å². The average Bonchev–Trinajstić information content (AvgIpc) is 2.36. The normalized spacial score (nSPS) is 23.2. The van der Waals surface area contributed by atoms with Crippen molar-refractivity contribution in [2.45, 2.75) is 38.1 Å². The van der Waals surface area contributed by atoms with Crippen LogP contribution in [0.1, 0.15) is 20.3 Å². The summed E-state index contributed by atoms with van der Waals surface area (Å²) < 4.78 is 5.59. The van der Waals surface area contributed by atoms with Gasteiger partial charge in [0.25, 0.3) is 0 Å². The Morgan fingerprint density at radius 2 is 2.15 bits per heavy atom. The van der Waals surface area contributed by atoms with Gasteiger partial charge in [0.15, 0.2) is 6.10 Å². The molecule has 20 heavy (non-hydrogen) atoms. The molecule has 2 unspecified atom stereocenters. The first-order chi connectivity index (χ1) is 9.25. The Kier molecular flexibility index (Phi) is 5.73. The number of hydrogen-bond acceptors (Lipinski definition) is 5. The first kappa shape index (κ1) is 16.7. The topological polar surface area (TPSA) is 119 Å². The minimum Gasteiger partial charge on any atom is -0.479 e. The Hall–Kier alpha value is -1.38. The van der Waals surface area contributed by atoms with Gasteiger partial charge >= 0.3 is 12.0 Å². The van der Waals surface area contributed by atoms with Crippen LogP contribution < -0.4 is 5.32 Å². The van der Waals surface area contributed by atoms with Gasteiger partial charge in [-0.2, -0.15) is 0 Å². The molecule has 1 aliphatic rings. The number of nitrogens with zero attached hydrogens (tertiary/aromatic N) is 1. The highest BCUT2D eigenvalue weighted by Gasteiger charge is 2.35. The second-order valence-corrected chi connectivity index (χ2v) is 5.44. The minimum atomic E-state index is -1.48. The molecule has 2 atom stereocenters. The molecule has 8 nitrogen and oxygen atoms in total. The number of morpholine rings is 1. The largest absolute Gasteiger partial charge is 0.479 e. The van der Waals surface area contributed by atoms with E-state index in [-0.39, 0.29) is 32.1 Å². The Balaban J connectivity index is 2.44. The van der Waals surface area contributed by atoms with Gasteiger partial charge in [0.1, 0.15) is 0 Å². The molecule has 1 aliphatic heterocycles. The summed E-state index contributed by atoms with van der Waals surface area (Å²) in [5, 5.41) is 29.3. The predicted octanol–water partition coefficient (Wildman–Crippen LogP) is -0.997. The molecule has 1 fully saturated rings. The number of urea groups is 1. The first-order valence-electron chi connectivity index (χ1n) is 6.47. The van der Waals surface area contributed by atoms with Crippen LogP contribution in [-0.4, -0.2) is 76.3 Å². The van der Waals surface area contributed by atoms with Gasteiger partial charge in [0.05, 0.1) is 31.4 Å². The number of nitrogens with one attached hydrogen (secondary N) is 1. The van der Waals surface area contributed by atoms with E-state index >= 15 is 0 Å². The van der Waals surface area contributed by atoms with Crippen LogP contribution in [0.25, 0.3) is 0 Å². The zero-order valence-electron chi connectivity index (χ0n) is 11.7. The van der Waals surface area contributed by atoms with Crippen LogP contribution in [0.15, 0.2) is 0 Å². The molecule has 0 aromatic rings. The van der Waals surface area contributed by atoms with Gasteiger partial charge in [0, 0.05) is 13.0 Å². The first-order valence-corrected chi connectivity index (χ1v) is 6.47. The van der Waals surface area contributed by atoms with Crippen molar-refractivity contribution < 1.29 is 29.6 Å². The van der Waals surface area contributed by atoms with E-state index in [0.29, 0.717) is 6.54 Å². The quantitative estimate of drug-likeness (QED) is 0.516. The van der Waals surface area contributed by atoms with Crippen molar-refractivity contribution in [1.29, 1.82) is 0 Å². The van der Waals surface area contributed by atoms with E-state index in [4.69, 9.17) is 20.1 Å². The lowest BCUT2D eigenvalue weighted by atomic mass is 10.1. The van der Waals surface area contributed by atoms with E-state index < -0.39 is 23.8 Å². The van der Waals surface area contributed by atoms with Gasteiger partial charge < -0.3 is 30.3 Å².